The Kier molecular flexibility index (Phi) is 8.53. The molecule has 0 fully saturated rings. The van der Waals surface area contributed by atoms with Crippen molar-refractivity contribution in [3.63, 3.8) is 0 Å². The number of dihydropyridines is 1. The molecule has 2 aliphatic rings. The van der Waals surface area contributed by atoms with E-state index in [-0.39, 0.29) is 30.0 Å². The number of ketones is 1. The minimum Gasteiger partial charge on any atom is -0.504 e. The molecule has 3 atom stereocenters. The molecule has 0 amide bonds. The molecule has 8 nitrogen and oxygen atoms in total. The molecule has 2 N–H and O–H groups in total. The highest BCUT2D eigenvalue weighted by Gasteiger charge is 2.42. The first-order valence-corrected chi connectivity index (χ1v) is 13.3. The number of aromatic hydroxyl groups is 1. The average molecular weight is 536 g/mol. The summed E-state index contributed by atoms with van der Waals surface area (Å²) in [6, 6.07) is 10.7. The molecular formula is C31H37NO7. The zero-order chi connectivity index (χ0) is 28.3. The molecule has 39 heavy (non-hydrogen) atoms. The first-order valence-electron chi connectivity index (χ1n) is 13.3. The summed E-state index contributed by atoms with van der Waals surface area (Å²) in [4.78, 5) is 27.4. The van der Waals surface area contributed by atoms with Gasteiger partial charge in [-0.25, -0.2) is 4.79 Å². The Bertz CT molecular complexity index is 1330. The van der Waals surface area contributed by atoms with E-state index in [1.165, 1.54) is 6.07 Å². The quantitative estimate of drug-likeness (QED) is 0.405. The second kappa shape index (κ2) is 11.8. The van der Waals surface area contributed by atoms with Gasteiger partial charge in [0.2, 0.25) is 0 Å². The standard InChI is InChI=1S/C31H37NO7/c1-7-17(3)39-31(35)28-18(4)32-22-13-21(19-10-12-25(36-5)27(15-19)37-6)14-24(34)30(22)29(28)20-9-11-23(33)26(16-20)38-8-2/h9-12,15-17,21,29,32-33H,7-8,13-14H2,1-6H3/t17-,21+,29+/m1/s1. The number of nitrogens with one attached hydrogen (secondary N) is 1. The van der Waals surface area contributed by atoms with Crippen LogP contribution in [-0.2, 0) is 14.3 Å². The Hall–Kier alpha value is -3.94. The number of carbonyl (C=O) groups excluding carboxylic acids is 2. The van der Waals surface area contributed by atoms with E-state index in [0.29, 0.717) is 59.1 Å². The summed E-state index contributed by atoms with van der Waals surface area (Å²) in [7, 11) is 3.17. The van der Waals surface area contributed by atoms with Gasteiger partial charge in [-0.05, 0) is 74.9 Å². The third-order valence-corrected chi connectivity index (χ3v) is 7.43. The molecule has 1 aliphatic heterocycles. The van der Waals surface area contributed by atoms with E-state index >= 15 is 0 Å². The lowest BCUT2D eigenvalue weighted by Crippen LogP contribution is -2.36. The van der Waals surface area contributed by atoms with Gasteiger partial charge in [0.1, 0.15) is 0 Å². The Morgan fingerprint density at radius 3 is 2.38 bits per heavy atom. The van der Waals surface area contributed by atoms with Crippen molar-refractivity contribution in [1.82, 2.24) is 5.32 Å². The molecule has 2 aromatic rings. The minimum absolute atomic E-state index is 0.00309. The van der Waals surface area contributed by atoms with Gasteiger partial charge in [0, 0.05) is 29.3 Å². The van der Waals surface area contributed by atoms with Crippen LogP contribution in [-0.4, -0.2) is 43.8 Å². The van der Waals surface area contributed by atoms with Gasteiger partial charge < -0.3 is 29.4 Å². The molecule has 2 aromatic carbocycles. The molecule has 0 radical (unpaired) electrons. The smallest absolute Gasteiger partial charge is 0.337 e. The lowest BCUT2D eigenvalue weighted by molar-refractivity contribution is -0.144. The number of allylic oxidation sites excluding steroid dienone is 3. The highest BCUT2D eigenvalue weighted by Crippen LogP contribution is 2.47. The Morgan fingerprint density at radius 1 is 1.03 bits per heavy atom. The number of Topliss-reactive ketones (excluding diaryl/α,β-unsaturated/α-hetero) is 1. The van der Waals surface area contributed by atoms with Crippen LogP contribution in [0.1, 0.15) is 69.9 Å². The Morgan fingerprint density at radius 2 is 1.72 bits per heavy atom. The predicted octanol–water partition coefficient (Wildman–Crippen LogP) is 5.51. The van der Waals surface area contributed by atoms with Gasteiger partial charge in [-0.15, -0.1) is 0 Å². The van der Waals surface area contributed by atoms with E-state index in [4.69, 9.17) is 18.9 Å². The highest BCUT2D eigenvalue weighted by molar-refractivity contribution is 6.04. The molecule has 0 saturated carbocycles. The number of methoxy groups -OCH3 is 2. The zero-order valence-electron chi connectivity index (χ0n) is 23.4. The number of ether oxygens (including phenoxy) is 4. The zero-order valence-corrected chi connectivity index (χ0v) is 23.4. The summed E-state index contributed by atoms with van der Waals surface area (Å²) < 4.78 is 22.2. The largest absolute Gasteiger partial charge is 0.504 e. The van der Waals surface area contributed by atoms with E-state index in [1.54, 1.807) is 26.4 Å². The van der Waals surface area contributed by atoms with Crippen molar-refractivity contribution in [3.8, 4) is 23.0 Å². The maximum Gasteiger partial charge on any atom is 0.337 e. The van der Waals surface area contributed by atoms with Crippen LogP contribution in [0.5, 0.6) is 23.0 Å². The SMILES string of the molecule is CCOc1cc([C@H]2C(C(=O)O[C@H](C)CC)=C(C)NC3=C2C(=O)C[C@@H](c2ccc(OC)c(OC)c2)C3)ccc1O. The number of esters is 1. The molecule has 208 valence electrons. The number of phenolic OH excluding ortho intramolecular Hbond substituents is 1. The van der Waals surface area contributed by atoms with Crippen molar-refractivity contribution in [3.05, 3.63) is 70.1 Å². The van der Waals surface area contributed by atoms with E-state index in [2.05, 4.69) is 5.32 Å². The van der Waals surface area contributed by atoms with Crippen LogP contribution in [0.4, 0.5) is 0 Å². The number of carbonyl (C=O) groups is 2. The van der Waals surface area contributed by atoms with Gasteiger partial charge in [-0.3, -0.25) is 4.79 Å². The van der Waals surface area contributed by atoms with Gasteiger partial charge in [0.15, 0.2) is 28.8 Å². The molecule has 4 rings (SSSR count). The van der Waals surface area contributed by atoms with Crippen molar-refractivity contribution in [2.75, 3.05) is 20.8 Å². The molecule has 0 unspecified atom stereocenters. The van der Waals surface area contributed by atoms with Gasteiger partial charge in [0.25, 0.3) is 0 Å². The van der Waals surface area contributed by atoms with Crippen LogP contribution >= 0.6 is 0 Å². The van der Waals surface area contributed by atoms with Crippen LogP contribution in [0.3, 0.4) is 0 Å². The Labute approximate surface area is 229 Å². The number of benzene rings is 2. The summed E-state index contributed by atoms with van der Waals surface area (Å²) in [5, 5.41) is 13.7. The first-order chi connectivity index (χ1) is 18.7. The van der Waals surface area contributed by atoms with E-state index in [1.807, 2.05) is 45.9 Å². The summed E-state index contributed by atoms with van der Waals surface area (Å²) in [5.41, 5.74) is 4.00. The predicted molar refractivity (Wildman–Crippen MR) is 147 cm³/mol. The van der Waals surface area contributed by atoms with E-state index in [0.717, 1.165) is 11.3 Å². The van der Waals surface area contributed by atoms with Crippen molar-refractivity contribution in [2.24, 2.45) is 0 Å². The molecular weight excluding hydrogens is 498 g/mol. The number of rotatable bonds is 9. The maximum atomic E-state index is 13.9. The monoisotopic (exact) mass is 535 g/mol. The second-order valence-corrected chi connectivity index (χ2v) is 9.92. The van der Waals surface area contributed by atoms with Crippen molar-refractivity contribution in [1.29, 1.82) is 0 Å². The Balaban J connectivity index is 1.80. The average Bonchev–Trinajstić information content (AvgIpc) is 2.92. The van der Waals surface area contributed by atoms with Crippen molar-refractivity contribution in [2.45, 2.75) is 64.9 Å². The fraction of sp³-hybridized carbons (Fsp3) is 0.419. The first kappa shape index (κ1) is 28.1. The summed E-state index contributed by atoms with van der Waals surface area (Å²) >= 11 is 0. The molecule has 0 bridgehead atoms. The van der Waals surface area contributed by atoms with Crippen LogP contribution in [0, 0.1) is 0 Å². The fourth-order valence-electron chi connectivity index (χ4n) is 5.30. The van der Waals surface area contributed by atoms with Crippen LogP contribution in [0.15, 0.2) is 58.9 Å². The third kappa shape index (κ3) is 5.60. The van der Waals surface area contributed by atoms with Gasteiger partial charge in [-0.1, -0.05) is 19.1 Å². The maximum absolute atomic E-state index is 13.9. The van der Waals surface area contributed by atoms with E-state index in [9.17, 15) is 14.7 Å². The number of hydrogen-bond donors (Lipinski definition) is 2. The molecule has 0 spiro atoms. The van der Waals surface area contributed by atoms with Crippen LogP contribution < -0.4 is 19.5 Å². The number of hydrogen-bond acceptors (Lipinski definition) is 8. The van der Waals surface area contributed by atoms with Gasteiger partial charge in [0.05, 0.1) is 32.5 Å². The lowest BCUT2D eigenvalue weighted by atomic mass is 9.71. The van der Waals surface area contributed by atoms with Gasteiger partial charge in [-0.2, -0.15) is 0 Å². The molecule has 0 saturated heterocycles. The van der Waals surface area contributed by atoms with E-state index < -0.39 is 11.9 Å². The summed E-state index contributed by atoms with van der Waals surface area (Å²) in [5.74, 6) is 0.273. The van der Waals surface area contributed by atoms with Crippen LogP contribution in [0.2, 0.25) is 0 Å². The summed E-state index contributed by atoms with van der Waals surface area (Å²) in [6.07, 6.45) is 1.25. The fourth-order valence-corrected chi connectivity index (χ4v) is 5.30. The normalized spacial score (nSPS) is 19.7. The molecule has 0 aromatic heterocycles. The minimum atomic E-state index is -0.656. The third-order valence-electron chi connectivity index (χ3n) is 7.43. The van der Waals surface area contributed by atoms with Gasteiger partial charge >= 0.3 is 5.97 Å². The van der Waals surface area contributed by atoms with Crippen molar-refractivity contribution >= 4 is 11.8 Å². The van der Waals surface area contributed by atoms with Crippen molar-refractivity contribution < 1.29 is 33.6 Å². The number of phenols is 1. The lowest BCUT2D eigenvalue weighted by Gasteiger charge is -2.37. The molecule has 1 aliphatic carbocycles. The highest BCUT2D eigenvalue weighted by atomic mass is 16.5. The topological polar surface area (TPSA) is 103 Å². The summed E-state index contributed by atoms with van der Waals surface area (Å²) in [6.45, 7) is 7.81. The second-order valence-electron chi connectivity index (χ2n) is 9.92. The van der Waals surface area contributed by atoms with Crippen LogP contribution in [0.25, 0.3) is 0 Å². The molecule has 8 heteroatoms. The molecule has 1 heterocycles.